The van der Waals surface area contributed by atoms with Crippen molar-refractivity contribution in [2.45, 2.75) is 0 Å². The van der Waals surface area contributed by atoms with Gasteiger partial charge in [0.1, 0.15) is 12.1 Å². The van der Waals surface area contributed by atoms with Crippen LogP contribution >= 0.6 is 0 Å². The number of allylic oxidation sites excluding steroid dienone is 1. The molecule has 0 unspecified atom stereocenters. The van der Waals surface area contributed by atoms with Gasteiger partial charge in [-0.05, 0) is 6.08 Å². The summed E-state index contributed by atoms with van der Waals surface area (Å²) in [5.41, 5.74) is 1.95. The fourth-order valence-corrected chi connectivity index (χ4v) is 1.34. The van der Waals surface area contributed by atoms with Gasteiger partial charge in [-0.25, -0.2) is 9.98 Å². The van der Waals surface area contributed by atoms with Gasteiger partial charge in [0.2, 0.25) is 0 Å². The van der Waals surface area contributed by atoms with E-state index in [4.69, 9.17) is 0 Å². The van der Waals surface area contributed by atoms with Gasteiger partial charge < -0.3 is 9.55 Å². The van der Waals surface area contributed by atoms with Crippen LogP contribution in [0.15, 0.2) is 23.5 Å². The molecule has 1 aliphatic heterocycles. The number of imidazole rings is 1. The van der Waals surface area contributed by atoms with Crippen LogP contribution in [0.2, 0.25) is 0 Å². The van der Waals surface area contributed by atoms with Crippen molar-refractivity contribution in [3.63, 3.8) is 0 Å². The van der Waals surface area contributed by atoms with Gasteiger partial charge >= 0.3 is 0 Å². The van der Waals surface area contributed by atoms with Gasteiger partial charge in [-0.1, -0.05) is 0 Å². The topological polar surface area (TPSA) is 46.0 Å². The van der Waals surface area contributed by atoms with Gasteiger partial charge in [0.15, 0.2) is 5.65 Å². The molecule has 3 heterocycles. The second-order valence-corrected chi connectivity index (χ2v) is 2.66. The third kappa shape index (κ3) is 0.611. The van der Waals surface area contributed by atoms with E-state index in [1.54, 1.807) is 12.5 Å². The van der Waals surface area contributed by atoms with E-state index >= 15 is 0 Å². The molecule has 3 rings (SSSR count). The molecule has 0 aromatic carbocycles. The van der Waals surface area contributed by atoms with Crippen molar-refractivity contribution in [2.75, 3.05) is 0 Å². The van der Waals surface area contributed by atoms with E-state index in [1.807, 2.05) is 22.9 Å². The van der Waals surface area contributed by atoms with Crippen LogP contribution in [-0.4, -0.2) is 20.7 Å². The molecular formula is C8H6N4. The smallest absolute Gasteiger partial charge is 0.157 e. The molecule has 58 valence electrons. The largest absolute Gasteiger partial charge is 0.323 e. The lowest BCUT2D eigenvalue weighted by molar-refractivity contribution is 1.16. The molecule has 0 amide bonds. The Balaban J connectivity index is 2.52. The van der Waals surface area contributed by atoms with E-state index in [0.717, 1.165) is 17.0 Å². The molecule has 0 atom stereocenters. The van der Waals surface area contributed by atoms with E-state index in [0.29, 0.717) is 0 Å². The molecule has 1 N–H and O–H groups in total. The molecule has 2 aromatic heterocycles. The van der Waals surface area contributed by atoms with Gasteiger partial charge in [0.25, 0.3) is 0 Å². The molecule has 0 saturated carbocycles. The van der Waals surface area contributed by atoms with Crippen LogP contribution in [-0.2, 0) is 0 Å². The fraction of sp³-hybridized carbons (Fsp3) is 0. The Hall–Kier alpha value is -1.84. The first-order chi connectivity index (χ1) is 5.93. The zero-order valence-corrected chi connectivity index (χ0v) is 6.23. The minimum atomic E-state index is 0.853. The van der Waals surface area contributed by atoms with Gasteiger partial charge in [0, 0.05) is 18.5 Å². The highest BCUT2D eigenvalue weighted by Gasteiger charge is 2.05. The summed E-state index contributed by atoms with van der Waals surface area (Å²) in [4.78, 5) is 11.4. The number of nitrogens with zero attached hydrogens (tertiary/aromatic N) is 3. The lowest BCUT2D eigenvalue weighted by Crippen LogP contribution is -1.82. The van der Waals surface area contributed by atoms with Gasteiger partial charge in [-0.3, -0.25) is 0 Å². The Morgan fingerprint density at radius 2 is 2.42 bits per heavy atom. The Morgan fingerprint density at radius 3 is 3.42 bits per heavy atom. The van der Waals surface area contributed by atoms with E-state index in [-0.39, 0.29) is 0 Å². The minimum Gasteiger partial charge on any atom is -0.323 e. The predicted octanol–water partition coefficient (Wildman–Crippen LogP) is 1.55. The molecule has 0 aliphatic carbocycles. The number of aromatic nitrogens is 3. The Labute approximate surface area is 68.3 Å². The van der Waals surface area contributed by atoms with Crippen molar-refractivity contribution in [1.82, 2.24) is 14.5 Å². The first-order valence-corrected chi connectivity index (χ1v) is 3.70. The highest BCUT2D eigenvalue weighted by atomic mass is 15.1. The second-order valence-electron chi connectivity index (χ2n) is 2.66. The second kappa shape index (κ2) is 1.85. The van der Waals surface area contributed by atoms with Crippen molar-refractivity contribution in [1.29, 1.82) is 0 Å². The molecule has 0 radical (unpaired) electrons. The average molecular weight is 158 g/mol. The van der Waals surface area contributed by atoms with E-state index in [2.05, 4.69) is 15.0 Å². The van der Waals surface area contributed by atoms with Crippen LogP contribution in [0.1, 0.15) is 0 Å². The molecule has 0 saturated heterocycles. The van der Waals surface area contributed by atoms with Gasteiger partial charge in [0.05, 0.1) is 5.52 Å². The molecule has 4 nitrogen and oxygen atoms in total. The monoisotopic (exact) mass is 158 g/mol. The molecule has 12 heavy (non-hydrogen) atoms. The average Bonchev–Trinajstić information content (AvgIpc) is 2.57. The summed E-state index contributed by atoms with van der Waals surface area (Å²) in [6, 6.07) is 1.97. The van der Waals surface area contributed by atoms with Gasteiger partial charge in [-0.15, -0.1) is 0 Å². The number of hydrogen-bond acceptors (Lipinski definition) is 2. The molecule has 4 heteroatoms. The van der Waals surface area contributed by atoms with Crippen molar-refractivity contribution in [3.05, 3.63) is 18.5 Å². The lowest BCUT2D eigenvalue weighted by atomic mass is 10.5. The maximum atomic E-state index is 4.17. The van der Waals surface area contributed by atoms with Crippen LogP contribution in [0.5, 0.6) is 0 Å². The summed E-state index contributed by atoms with van der Waals surface area (Å²) in [6.07, 6.45) is 7.34. The number of aromatic amines is 1. The number of fused-ring (bicyclic) bond motifs is 1. The summed E-state index contributed by atoms with van der Waals surface area (Å²) in [6.45, 7) is 0. The highest BCUT2D eigenvalue weighted by Crippen LogP contribution is 2.20. The third-order valence-electron chi connectivity index (χ3n) is 1.90. The quantitative estimate of drug-likeness (QED) is 0.621. The van der Waals surface area contributed by atoms with Crippen LogP contribution < -0.4 is 0 Å². The van der Waals surface area contributed by atoms with Crippen molar-refractivity contribution >= 4 is 29.4 Å². The third-order valence-corrected chi connectivity index (χ3v) is 1.90. The molecule has 2 bridgehead atoms. The van der Waals surface area contributed by atoms with E-state index in [9.17, 15) is 0 Å². The van der Waals surface area contributed by atoms with E-state index in [1.165, 1.54) is 0 Å². The van der Waals surface area contributed by atoms with E-state index < -0.39 is 0 Å². The zero-order chi connectivity index (χ0) is 7.97. The number of aliphatic imine (C=N–C) groups is 1. The minimum absolute atomic E-state index is 0.853. The molecule has 0 fully saturated rings. The van der Waals surface area contributed by atoms with Gasteiger partial charge in [-0.2, -0.15) is 0 Å². The zero-order valence-electron chi connectivity index (χ0n) is 6.23. The number of hydrogen-bond donors (Lipinski definition) is 1. The summed E-state index contributed by atoms with van der Waals surface area (Å²) < 4.78 is 1.96. The van der Waals surface area contributed by atoms with Crippen molar-refractivity contribution in [2.24, 2.45) is 4.99 Å². The number of H-pyrrole nitrogens is 1. The fourth-order valence-electron chi connectivity index (χ4n) is 1.34. The maximum Gasteiger partial charge on any atom is 0.157 e. The molecular weight excluding hydrogens is 152 g/mol. The van der Waals surface area contributed by atoms with Crippen LogP contribution in [0.4, 0.5) is 5.82 Å². The standard InChI is InChI=1S/C8H6N4/c1-2-9-7-4-6-8(11-7)10-5-12(6)3-1/h1-5,11H. The highest BCUT2D eigenvalue weighted by molar-refractivity contribution is 5.85. The summed E-state index contributed by atoms with van der Waals surface area (Å²) in [7, 11) is 0. The normalized spacial score (nSPS) is 14.0. The summed E-state index contributed by atoms with van der Waals surface area (Å²) in [5.74, 6) is 0.853. The summed E-state index contributed by atoms with van der Waals surface area (Å²) in [5, 5.41) is 0. The van der Waals surface area contributed by atoms with Crippen LogP contribution in [0, 0.1) is 0 Å². The van der Waals surface area contributed by atoms with Crippen molar-refractivity contribution in [3.8, 4) is 0 Å². The first kappa shape index (κ1) is 5.77. The Kier molecular flexibility index (Phi) is 0.889. The van der Waals surface area contributed by atoms with Crippen LogP contribution in [0.3, 0.4) is 0 Å². The van der Waals surface area contributed by atoms with Crippen molar-refractivity contribution < 1.29 is 0 Å². The summed E-state index contributed by atoms with van der Waals surface area (Å²) >= 11 is 0. The Morgan fingerprint density at radius 1 is 1.42 bits per heavy atom. The molecule has 1 aliphatic rings. The lowest BCUT2D eigenvalue weighted by Gasteiger charge is -1.92. The molecule has 2 aromatic rings. The maximum absolute atomic E-state index is 4.17. The molecule has 0 spiro atoms. The number of rotatable bonds is 0. The Bertz CT molecular complexity index is 486. The number of nitrogens with one attached hydrogen (secondary N) is 1. The first-order valence-electron chi connectivity index (χ1n) is 3.70. The predicted molar refractivity (Wildman–Crippen MR) is 47.6 cm³/mol. The van der Waals surface area contributed by atoms with Crippen LogP contribution in [0.25, 0.3) is 17.4 Å². The SMILES string of the molecule is C1=Cn2cnc3[nH]c(cc32)N=C1.